The summed E-state index contributed by atoms with van der Waals surface area (Å²) in [5.74, 6) is 1.90. The van der Waals surface area contributed by atoms with E-state index in [1.54, 1.807) is 7.11 Å². The molecule has 1 saturated heterocycles. The van der Waals surface area contributed by atoms with Crippen LogP contribution in [-0.4, -0.2) is 54.8 Å². The zero-order chi connectivity index (χ0) is 17.2. The first-order chi connectivity index (χ1) is 12.2. The predicted molar refractivity (Wildman–Crippen MR) is 97.1 cm³/mol. The van der Waals surface area contributed by atoms with E-state index in [0.717, 1.165) is 74.7 Å². The molecule has 132 valence electrons. The smallest absolute Gasteiger partial charge is 0.213 e. The van der Waals surface area contributed by atoms with Crippen molar-refractivity contribution in [1.82, 2.24) is 9.88 Å². The Morgan fingerprint density at radius 2 is 1.80 bits per heavy atom. The van der Waals surface area contributed by atoms with Gasteiger partial charge >= 0.3 is 0 Å². The molecular weight excluding hydrogens is 316 g/mol. The van der Waals surface area contributed by atoms with Crippen LogP contribution in [0.15, 0.2) is 34.6 Å². The number of nitrogens with zero attached hydrogens (tertiary/aromatic N) is 4. The van der Waals surface area contributed by atoms with Crippen LogP contribution < -0.4 is 9.64 Å². The molecule has 6 heteroatoms. The minimum Gasteiger partial charge on any atom is -0.481 e. The molecule has 25 heavy (non-hydrogen) atoms. The first-order valence-corrected chi connectivity index (χ1v) is 9.07. The quantitative estimate of drug-likeness (QED) is 0.827. The number of amidine groups is 1. The molecule has 1 aromatic heterocycles. The highest BCUT2D eigenvalue weighted by molar-refractivity contribution is 6.11. The van der Waals surface area contributed by atoms with Crippen molar-refractivity contribution in [3.8, 4) is 5.88 Å². The van der Waals surface area contributed by atoms with Gasteiger partial charge in [-0.05, 0) is 31.7 Å². The molecule has 0 atom stereocenters. The number of hydrogen-bond acceptors (Lipinski definition) is 6. The maximum Gasteiger partial charge on any atom is 0.213 e. The largest absolute Gasteiger partial charge is 0.481 e. The molecule has 0 aromatic carbocycles. The molecule has 0 radical (unpaired) electrons. The van der Waals surface area contributed by atoms with Gasteiger partial charge in [-0.25, -0.2) is 9.98 Å². The fraction of sp³-hybridized carbons (Fsp3) is 0.526. The molecule has 3 aliphatic rings. The molecule has 0 spiro atoms. The van der Waals surface area contributed by atoms with Crippen molar-refractivity contribution in [3.05, 3.63) is 29.6 Å². The Morgan fingerprint density at radius 1 is 1.04 bits per heavy atom. The number of pyridine rings is 1. The highest BCUT2D eigenvalue weighted by Gasteiger charge is 2.29. The fourth-order valence-electron chi connectivity index (χ4n) is 3.84. The molecule has 6 nitrogen and oxygen atoms in total. The minimum absolute atomic E-state index is 0.293. The summed E-state index contributed by atoms with van der Waals surface area (Å²) >= 11 is 0. The summed E-state index contributed by atoms with van der Waals surface area (Å²) in [4.78, 5) is 26.2. The Balaban J connectivity index is 1.42. The van der Waals surface area contributed by atoms with Gasteiger partial charge in [0.2, 0.25) is 5.88 Å². The van der Waals surface area contributed by atoms with Gasteiger partial charge in [-0.15, -0.1) is 0 Å². The summed E-state index contributed by atoms with van der Waals surface area (Å²) in [5, 5.41) is 0. The van der Waals surface area contributed by atoms with Crippen LogP contribution in [0.4, 0.5) is 5.69 Å². The number of piperazine rings is 1. The third kappa shape index (κ3) is 3.25. The molecule has 3 heterocycles. The van der Waals surface area contributed by atoms with Crippen molar-refractivity contribution in [2.24, 2.45) is 4.99 Å². The molecule has 0 unspecified atom stereocenters. The highest BCUT2D eigenvalue weighted by Crippen LogP contribution is 2.31. The molecule has 4 rings (SSSR count). The van der Waals surface area contributed by atoms with Crippen molar-refractivity contribution >= 4 is 17.3 Å². The number of rotatable bonds is 2. The number of Topliss-reactive ketones (excluding diaryl/α,β-unsaturated/α-hetero) is 1. The van der Waals surface area contributed by atoms with Crippen molar-refractivity contribution in [3.63, 3.8) is 0 Å². The fourth-order valence-corrected chi connectivity index (χ4v) is 3.84. The number of hydrogen-bond donors (Lipinski definition) is 0. The molecule has 1 aromatic rings. The second kappa shape index (κ2) is 6.86. The maximum absolute atomic E-state index is 12.4. The van der Waals surface area contributed by atoms with Gasteiger partial charge in [-0.3, -0.25) is 4.79 Å². The molecule has 2 aliphatic heterocycles. The summed E-state index contributed by atoms with van der Waals surface area (Å²) in [5.41, 5.74) is 3.16. The van der Waals surface area contributed by atoms with Crippen LogP contribution >= 0.6 is 0 Å². The van der Waals surface area contributed by atoms with Crippen molar-refractivity contribution in [2.45, 2.75) is 32.1 Å². The van der Waals surface area contributed by atoms with E-state index in [9.17, 15) is 4.79 Å². The molecule has 0 N–H and O–H groups in total. The van der Waals surface area contributed by atoms with Crippen LogP contribution in [0.1, 0.15) is 32.1 Å². The minimum atomic E-state index is 0.293. The molecule has 1 fully saturated rings. The van der Waals surface area contributed by atoms with E-state index in [2.05, 4.69) is 14.8 Å². The summed E-state index contributed by atoms with van der Waals surface area (Å²) in [6.07, 6.45) is 6.49. The van der Waals surface area contributed by atoms with Crippen LogP contribution in [0.3, 0.4) is 0 Å². The van der Waals surface area contributed by atoms with Gasteiger partial charge < -0.3 is 14.5 Å². The summed E-state index contributed by atoms with van der Waals surface area (Å²) in [7, 11) is 1.63. The lowest BCUT2D eigenvalue weighted by Crippen LogP contribution is -2.49. The topological polar surface area (TPSA) is 58.0 Å². The Hall–Kier alpha value is -2.37. The first kappa shape index (κ1) is 16.1. The van der Waals surface area contributed by atoms with E-state index in [4.69, 9.17) is 9.73 Å². The summed E-state index contributed by atoms with van der Waals surface area (Å²) < 4.78 is 5.12. The number of ether oxygens (including phenoxy) is 1. The Kier molecular flexibility index (Phi) is 4.42. The summed E-state index contributed by atoms with van der Waals surface area (Å²) in [6.45, 7) is 3.60. The second-order valence-electron chi connectivity index (χ2n) is 6.79. The number of anilines is 1. The van der Waals surface area contributed by atoms with Crippen LogP contribution in [-0.2, 0) is 4.79 Å². The normalized spacial score (nSPS) is 21.2. The van der Waals surface area contributed by atoms with Crippen LogP contribution in [0.5, 0.6) is 5.88 Å². The van der Waals surface area contributed by atoms with E-state index >= 15 is 0 Å². The van der Waals surface area contributed by atoms with Gasteiger partial charge in [0.1, 0.15) is 5.84 Å². The van der Waals surface area contributed by atoms with Crippen LogP contribution in [0.2, 0.25) is 0 Å². The maximum atomic E-state index is 12.4. The van der Waals surface area contributed by atoms with E-state index in [-0.39, 0.29) is 0 Å². The van der Waals surface area contributed by atoms with E-state index < -0.39 is 0 Å². The molecule has 0 amide bonds. The Morgan fingerprint density at radius 3 is 2.52 bits per heavy atom. The zero-order valence-electron chi connectivity index (χ0n) is 14.7. The first-order valence-electron chi connectivity index (χ1n) is 9.07. The number of aliphatic imine (C=N–C) groups is 1. The third-order valence-corrected chi connectivity index (χ3v) is 5.30. The van der Waals surface area contributed by atoms with Crippen molar-refractivity contribution < 1.29 is 9.53 Å². The average Bonchev–Trinajstić information content (AvgIpc) is 2.68. The Bertz CT molecular complexity index is 715. The molecule has 1 aliphatic carbocycles. The number of ketones is 1. The SMILES string of the molecule is COc1ccc(N2CCN(C3=NC4=C(CCCC4)C(=O)C3)CC2)cn1. The van der Waals surface area contributed by atoms with E-state index in [0.29, 0.717) is 18.1 Å². The van der Waals surface area contributed by atoms with Gasteiger partial charge in [0.25, 0.3) is 0 Å². The lowest BCUT2D eigenvalue weighted by Gasteiger charge is -2.38. The number of carbonyl (C=O) groups excluding carboxylic acids is 1. The van der Waals surface area contributed by atoms with Gasteiger partial charge in [-0.2, -0.15) is 0 Å². The number of carbonyl (C=O) groups is 1. The number of methoxy groups -OCH3 is 1. The number of allylic oxidation sites excluding steroid dienone is 2. The molecule has 0 saturated carbocycles. The van der Waals surface area contributed by atoms with E-state index in [1.807, 2.05) is 18.3 Å². The van der Waals surface area contributed by atoms with Gasteiger partial charge in [0.15, 0.2) is 5.78 Å². The molecular formula is C19H24N4O2. The van der Waals surface area contributed by atoms with Crippen molar-refractivity contribution in [2.75, 3.05) is 38.2 Å². The van der Waals surface area contributed by atoms with E-state index in [1.165, 1.54) is 0 Å². The lowest BCUT2D eigenvalue weighted by molar-refractivity contribution is -0.115. The zero-order valence-corrected chi connectivity index (χ0v) is 14.7. The van der Waals surface area contributed by atoms with Gasteiger partial charge in [-0.1, -0.05) is 0 Å². The third-order valence-electron chi connectivity index (χ3n) is 5.30. The highest BCUT2D eigenvalue weighted by atomic mass is 16.5. The van der Waals surface area contributed by atoms with Gasteiger partial charge in [0.05, 0.1) is 25.4 Å². The van der Waals surface area contributed by atoms with Crippen LogP contribution in [0.25, 0.3) is 0 Å². The standard InChI is InChI=1S/C19H24N4O2/c1-25-19-7-6-14(13-20-19)22-8-10-23(11-9-22)18-12-17(24)15-4-2-3-5-16(15)21-18/h6-7,13H,2-5,8-12H2,1H3. The molecule has 0 bridgehead atoms. The average molecular weight is 340 g/mol. The second-order valence-corrected chi connectivity index (χ2v) is 6.79. The number of aromatic nitrogens is 1. The predicted octanol–water partition coefficient (Wildman–Crippen LogP) is 2.41. The Labute approximate surface area is 148 Å². The lowest BCUT2D eigenvalue weighted by atomic mass is 9.90. The monoisotopic (exact) mass is 340 g/mol. The van der Waals surface area contributed by atoms with Crippen molar-refractivity contribution in [1.29, 1.82) is 0 Å². The summed E-state index contributed by atoms with van der Waals surface area (Å²) in [6, 6.07) is 3.94. The van der Waals surface area contributed by atoms with Gasteiger partial charge in [0, 0.05) is 43.5 Å². The van der Waals surface area contributed by atoms with Crippen LogP contribution in [0, 0.1) is 0 Å².